The Morgan fingerprint density at radius 2 is 1.01 bits per heavy atom. The lowest BCUT2D eigenvalue weighted by atomic mass is 9.84. The average molecular weight is 1760 g/mol. The maximum Gasteiger partial charge on any atom is 0.417 e. The van der Waals surface area contributed by atoms with Crippen molar-refractivity contribution in [1.82, 2.24) is 64.1 Å². The second-order valence-electron chi connectivity index (χ2n) is 45.0. The minimum absolute atomic E-state index is 0.0345. The summed E-state index contributed by atoms with van der Waals surface area (Å²) in [4.78, 5) is 33.2. The summed E-state index contributed by atoms with van der Waals surface area (Å²) in [7, 11) is 2.83. The third-order valence-electron chi connectivity index (χ3n) is 17.9. The first-order valence-electron chi connectivity index (χ1n) is 44.1. The normalized spacial score (nSPS) is 13.0. The number of alkyl halides is 3. The predicted molar refractivity (Wildman–Crippen MR) is 516 cm³/mol. The molecule has 9 aromatic rings. The van der Waals surface area contributed by atoms with E-state index in [4.69, 9.17) is 0 Å². The fraction of sp³-hybridized carbons (Fsp3) is 0.627. The molecule has 10 heterocycles. The van der Waals surface area contributed by atoms with Gasteiger partial charge in [0.25, 0.3) is 0 Å². The Kier molecular flexibility index (Phi) is 47.9. The monoisotopic (exact) mass is 1760 g/mol. The van der Waals surface area contributed by atoms with Gasteiger partial charge in [0.05, 0.1) is 28.9 Å². The van der Waals surface area contributed by atoms with Gasteiger partial charge < -0.3 is 19.7 Å². The molecule has 124 heavy (non-hydrogen) atoms. The fourth-order valence-electron chi connectivity index (χ4n) is 12.3. The lowest BCUT2D eigenvalue weighted by molar-refractivity contribution is -0.614. The van der Waals surface area contributed by atoms with Crippen LogP contribution >= 0.6 is 11.8 Å². The Morgan fingerprint density at radius 1 is 0.492 bits per heavy atom. The molecule has 17 nitrogen and oxygen atoms in total. The lowest BCUT2D eigenvalue weighted by Crippen LogP contribution is -2.33. The second-order valence-corrected chi connectivity index (χ2v) is 48.1. The molecular weight excluding hydrogens is 1590 g/mol. The van der Waals surface area contributed by atoms with Crippen molar-refractivity contribution in [2.45, 2.75) is 321 Å². The van der Waals surface area contributed by atoms with Crippen molar-refractivity contribution in [3.63, 3.8) is 0 Å². The van der Waals surface area contributed by atoms with E-state index in [0.717, 1.165) is 108 Å². The number of hydrogen-bond donors (Lipinski definition) is 1. The summed E-state index contributed by atoms with van der Waals surface area (Å²) in [6.07, 6.45) is 31.4. The molecule has 0 atom stereocenters. The van der Waals surface area contributed by atoms with Crippen molar-refractivity contribution in [2.75, 3.05) is 25.1 Å². The van der Waals surface area contributed by atoms with Crippen molar-refractivity contribution >= 4 is 21.6 Å². The van der Waals surface area contributed by atoms with Crippen LogP contribution in [0.15, 0.2) is 163 Å². The number of pyridine rings is 5. The maximum atomic E-state index is 12.2. The van der Waals surface area contributed by atoms with E-state index in [1.54, 1.807) is 55.6 Å². The van der Waals surface area contributed by atoms with Gasteiger partial charge in [-0.25, -0.2) is 38.3 Å². The van der Waals surface area contributed by atoms with Gasteiger partial charge in [-0.05, 0) is 217 Å². The van der Waals surface area contributed by atoms with E-state index < -0.39 is 21.6 Å². The Morgan fingerprint density at radius 3 is 1.42 bits per heavy atom. The van der Waals surface area contributed by atoms with Crippen LogP contribution in [-0.2, 0) is 94.9 Å². The number of aromatic nitrogens is 13. The Hall–Kier alpha value is -7.69. The van der Waals surface area contributed by atoms with E-state index in [-0.39, 0.29) is 27.0 Å². The number of nitrogens with zero attached hydrogens (tertiary/aromatic N) is 13. The smallest absolute Gasteiger partial charge is 0.417 e. The van der Waals surface area contributed by atoms with E-state index in [2.05, 4.69) is 289 Å². The van der Waals surface area contributed by atoms with Crippen LogP contribution in [0.4, 0.5) is 13.2 Å². The number of aryl methyl sites for hydroxylation is 4. The van der Waals surface area contributed by atoms with Gasteiger partial charge in [0.15, 0.2) is 26.8 Å². The second kappa shape index (κ2) is 51.9. The predicted octanol–water partition coefficient (Wildman–Crippen LogP) is 25.3. The first kappa shape index (κ1) is 114. The SMILES string of the molecule is CC(C)(C)CCC1CCNCC1.CC(C)(C)Cc1ccc(C(F)(F)F)cn1.CC(C)(C)Cc1cccc[n+]1[O-].CC(C)(C)Cc1ccncn1.CCS(=O)(=O)c1cccc(CC(C)(C)C)n1.CSc1cccc(CC(C)(C)C)n1.Cc1ccc(CC(C)(C)C)cn1.Cn1cc(CC(C)(C)C)cn1.Cn1ccnc1CC(C)(C)C.Cn1cncc1CC(C)(C)C. The zero-order valence-electron chi connectivity index (χ0n) is 83.8. The van der Waals surface area contributed by atoms with Gasteiger partial charge in [0, 0.05) is 124 Å². The average Bonchev–Trinajstić information content (AvgIpc) is 0.971. The molecule has 1 aliphatic heterocycles. The number of sulfone groups is 1. The summed E-state index contributed by atoms with van der Waals surface area (Å²) >= 11 is 1.70. The highest BCUT2D eigenvalue weighted by Gasteiger charge is 2.31. The van der Waals surface area contributed by atoms with Crippen molar-refractivity contribution < 1.29 is 26.3 Å². The van der Waals surface area contributed by atoms with Gasteiger partial charge in [-0.3, -0.25) is 14.6 Å². The third kappa shape index (κ3) is 60.1. The molecule has 696 valence electrons. The fourth-order valence-corrected chi connectivity index (χ4v) is 13.6. The van der Waals surface area contributed by atoms with Crippen molar-refractivity contribution in [3.05, 3.63) is 221 Å². The lowest BCUT2D eigenvalue weighted by Gasteiger charge is -2.26. The van der Waals surface area contributed by atoms with Crippen LogP contribution in [0.5, 0.6) is 0 Å². The standard InChI is InChI=1S/C12H19NO2S.C11H14F3N.C11H17NS.C11H23N.C11H17N.C10H15NO.3C9H16N2.C9H14N2/c1-5-16(14,15)11-8-6-7-10(13-11)9-12(2,3)4;1-10(2,3)6-9-5-4-8(7-15-9)11(12,13)14;1-11(2,3)8-9-6-5-7-10(12-9)13-4;1-11(2,3)7-4-10-5-8-12-9-6-10;1-9-5-6-10(8-12-9)7-11(2,3)4;1-10(2,3)8-9-6-4-5-7-11(9)12;1-9(2,3)5-8-6-10-7-11(8)4;1-9(2,3)5-8-6-10-11(4)7-8;1-9(2,3)7-8-10-5-6-11(8)4;1-9(2,3)6-8-4-5-10-7-11-8/h6-8H,5,9H2,1-4H3;4-5,7H,6H2,1-3H3;5-7H,8H2,1-4H3;10,12H,4-9H2,1-3H3;5-6,8H,7H2,1-4H3;4-7H,8H2,1-3H3;2*6-7H,5H2,1-4H3;5-6H,7H2,1-4H3;4-5,7H,6H2,1-3H3. The highest BCUT2D eigenvalue weighted by atomic mass is 32.2. The molecule has 1 aliphatic rings. The molecule has 0 amide bonds. The van der Waals surface area contributed by atoms with Gasteiger partial charge in [-0.1, -0.05) is 239 Å². The molecule has 0 aliphatic carbocycles. The third-order valence-corrected chi connectivity index (χ3v) is 20.2. The summed E-state index contributed by atoms with van der Waals surface area (Å²) in [6.45, 7) is 72.1. The largest absolute Gasteiger partial charge is 0.619 e. The maximum absolute atomic E-state index is 12.2. The summed E-state index contributed by atoms with van der Waals surface area (Å²) in [5.74, 6) is 2.27. The van der Waals surface area contributed by atoms with Crippen LogP contribution in [0.2, 0.25) is 0 Å². The topological polar surface area (TPSA) is 204 Å². The van der Waals surface area contributed by atoms with Crippen molar-refractivity contribution in [2.24, 2.45) is 81.2 Å². The Labute approximate surface area is 755 Å². The highest BCUT2D eigenvalue weighted by molar-refractivity contribution is 7.98. The molecule has 0 radical (unpaired) electrons. The minimum Gasteiger partial charge on any atom is -0.619 e. The summed E-state index contributed by atoms with van der Waals surface area (Å²) in [6, 6.07) is 25.7. The van der Waals surface area contributed by atoms with Crippen molar-refractivity contribution in [1.29, 1.82) is 0 Å². The van der Waals surface area contributed by atoms with E-state index >= 15 is 0 Å². The first-order valence-corrected chi connectivity index (χ1v) is 47.0. The molecule has 1 fully saturated rings. The van der Waals surface area contributed by atoms with Crippen LogP contribution in [0.25, 0.3) is 0 Å². The molecule has 10 rings (SSSR count). The van der Waals surface area contributed by atoms with Gasteiger partial charge in [-0.15, -0.1) is 11.8 Å². The number of piperidine rings is 1. The van der Waals surface area contributed by atoms with Crippen LogP contribution in [-0.4, -0.2) is 92.3 Å². The van der Waals surface area contributed by atoms with Gasteiger partial charge in [0.1, 0.15) is 12.2 Å². The van der Waals surface area contributed by atoms with Crippen LogP contribution < -0.4 is 10.0 Å². The zero-order chi connectivity index (χ0) is 95.2. The van der Waals surface area contributed by atoms with Gasteiger partial charge >= 0.3 is 6.18 Å². The van der Waals surface area contributed by atoms with E-state index in [1.807, 2.05) is 115 Å². The number of rotatable bonds is 14. The van der Waals surface area contributed by atoms with Gasteiger partial charge in [0.2, 0.25) is 0 Å². The number of hydrogen-bond acceptors (Lipinski definition) is 14. The quantitative estimate of drug-likeness (QED) is 0.0611. The number of thioether (sulfide) groups is 1. The number of imidazole rings is 2. The zero-order valence-corrected chi connectivity index (χ0v) is 85.4. The Bertz CT molecular complexity index is 4430. The molecule has 1 N–H and O–H groups in total. The van der Waals surface area contributed by atoms with Gasteiger partial charge in [-0.2, -0.15) is 23.0 Å². The summed E-state index contributed by atoms with van der Waals surface area (Å²) < 4.78 is 66.9. The molecule has 0 saturated carbocycles. The molecular formula is C102H167F3N14O3S2. The summed E-state index contributed by atoms with van der Waals surface area (Å²) in [5.41, 5.74) is 11.9. The Balaban J connectivity index is 0.000000690. The molecule has 0 bridgehead atoms. The molecule has 0 unspecified atom stereocenters. The summed E-state index contributed by atoms with van der Waals surface area (Å²) in [5, 5.41) is 20.0. The van der Waals surface area contributed by atoms with Crippen LogP contribution in [0, 0.1) is 72.2 Å². The molecule has 0 aromatic carbocycles. The van der Waals surface area contributed by atoms with E-state index in [0.29, 0.717) is 50.0 Å². The minimum atomic E-state index is -4.30. The number of nitrogens with one attached hydrogen (secondary N) is 1. The molecule has 0 spiro atoms. The first-order chi connectivity index (χ1) is 56.5. The van der Waals surface area contributed by atoms with E-state index in [1.165, 1.54) is 67.4 Å². The molecule has 1 saturated heterocycles. The van der Waals surface area contributed by atoms with E-state index in [9.17, 15) is 26.8 Å². The molecule has 22 heteroatoms. The van der Waals surface area contributed by atoms with Crippen molar-refractivity contribution in [3.8, 4) is 0 Å². The molecule has 9 aromatic heterocycles. The van der Waals surface area contributed by atoms with Crippen LogP contribution in [0.3, 0.4) is 0 Å². The number of halogens is 3. The highest BCUT2D eigenvalue weighted by Crippen LogP contribution is 2.32. The van der Waals surface area contributed by atoms with Crippen LogP contribution in [0.1, 0.15) is 303 Å².